The Morgan fingerprint density at radius 3 is 2.86 bits per heavy atom. The molecule has 1 saturated heterocycles. The Morgan fingerprint density at radius 2 is 2.14 bits per heavy atom. The number of carbonyl (C=O) groups is 1. The maximum Gasteiger partial charge on any atom is 0.270 e. The van der Waals surface area contributed by atoms with E-state index in [9.17, 15) is 4.79 Å². The first kappa shape index (κ1) is 19.3. The van der Waals surface area contributed by atoms with Crippen LogP contribution < -0.4 is 14.5 Å². The molecule has 0 spiro atoms. The van der Waals surface area contributed by atoms with Crippen LogP contribution >= 0.6 is 22.7 Å². The van der Waals surface area contributed by atoms with Crippen molar-refractivity contribution >= 4 is 43.9 Å². The van der Waals surface area contributed by atoms with Crippen LogP contribution in [0.1, 0.15) is 15.2 Å². The van der Waals surface area contributed by atoms with Gasteiger partial charge in [0.2, 0.25) is 0 Å². The zero-order chi connectivity index (χ0) is 19.5. The Morgan fingerprint density at radius 1 is 1.32 bits per heavy atom. The van der Waals surface area contributed by atoms with E-state index in [0.29, 0.717) is 6.54 Å². The van der Waals surface area contributed by atoms with Crippen LogP contribution in [0.25, 0.3) is 10.2 Å². The van der Waals surface area contributed by atoms with Gasteiger partial charge < -0.3 is 14.4 Å². The van der Waals surface area contributed by atoms with Crippen LogP contribution in [0.5, 0.6) is 5.75 Å². The fraction of sp³-hybridized carbons (Fsp3) is 0.400. The van der Waals surface area contributed by atoms with Crippen molar-refractivity contribution < 1.29 is 19.2 Å². The minimum Gasteiger partial charge on any atom is -0.494 e. The monoisotopic (exact) mass is 418 g/mol. The van der Waals surface area contributed by atoms with Gasteiger partial charge in [0.25, 0.3) is 5.91 Å². The minimum absolute atomic E-state index is 0.0123. The van der Waals surface area contributed by atoms with E-state index in [0.717, 1.165) is 64.4 Å². The van der Waals surface area contributed by atoms with Crippen molar-refractivity contribution in [3.63, 3.8) is 0 Å². The molecule has 0 aliphatic carbocycles. The Balaban J connectivity index is 1.67. The number of benzene rings is 1. The van der Waals surface area contributed by atoms with Crippen LogP contribution in [0.4, 0.5) is 5.13 Å². The highest BCUT2D eigenvalue weighted by Crippen LogP contribution is 2.36. The van der Waals surface area contributed by atoms with Gasteiger partial charge in [-0.1, -0.05) is 23.5 Å². The fourth-order valence-corrected chi connectivity index (χ4v) is 5.12. The number of thiazole rings is 1. The SMILES string of the molecule is COc1ccc(C)c2sc(N(CC[NH+]3CCOCC3)C(=O)c3cccs3)nc12. The largest absolute Gasteiger partial charge is 0.494 e. The van der Waals surface area contributed by atoms with Gasteiger partial charge in [-0.3, -0.25) is 9.69 Å². The third kappa shape index (κ3) is 3.91. The number of amides is 1. The van der Waals surface area contributed by atoms with E-state index in [2.05, 4.69) is 6.92 Å². The van der Waals surface area contributed by atoms with Crippen molar-refractivity contribution in [3.05, 3.63) is 40.1 Å². The number of nitrogens with zero attached hydrogens (tertiary/aromatic N) is 2. The Labute approximate surface area is 172 Å². The quantitative estimate of drug-likeness (QED) is 0.667. The maximum atomic E-state index is 13.2. The lowest BCUT2D eigenvalue weighted by atomic mass is 10.2. The lowest BCUT2D eigenvalue weighted by Gasteiger charge is -2.26. The molecule has 4 rings (SSSR count). The van der Waals surface area contributed by atoms with Crippen LogP contribution in [0.2, 0.25) is 0 Å². The number of fused-ring (bicyclic) bond motifs is 1. The predicted octanol–water partition coefficient (Wildman–Crippen LogP) is 2.24. The number of quaternary nitrogens is 1. The molecule has 6 nitrogen and oxygen atoms in total. The van der Waals surface area contributed by atoms with Crippen LogP contribution in [0, 0.1) is 6.92 Å². The number of nitrogens with one attached hydrogen (secondary N) is 1. The number of carbonyl (C=O) groups excluding carboxylic acids is 1. The molecule has 2 aromatic heterocycles. The molecule has 0 bridgehead atoms. The molecular weight excluding hydrogens is 394 g/mol. The summed E-state index contributed by atoms with van der Waals surface area (Å²) in [6.07, 6.45) is 0. The highest BCUT2D eigenvalue weighted by atomic mass is 32.1. The number of aromatic nitrogens is 1. The molecule has 0 radical (unpaired) electrons. The minimum atomic E-state index is 0.0123. The Bertz CT molecular complexity index is 949. The summed E-state index contributed by atoms with van der Waals surface area (Å²) in [5.41, 5.74) is 1.96. The highest BCUT2D eigenvalue weighted by Gasteiger charge is 2.25. The van der Waals surface area contributed by atoms with Crippen LogP contribution in [0.15, 0.2) is 29.6 Å². The first-order valence-corrected chi connectivity index (χ1v) is 11.1. The molecule has 3 aromatic rings. The zero-order valence-corrected chi connectivity index (χ0v) is 17.7. The molecule has 1 aromatic carbocycles. The van der Waals surface area contributed by atoms with Crippen molar-refractivity contribution in [1.82, 2.24) is 4.98 Å². The lowest BCUT2D eigenvalue weighted by molar-refractivity contribution is -0.906. The Hall–Kier alpha value is -2.00. The van der Waals surface area contributed by atoms with E-state index >= 15 is 0 Å². The molecule has 148 valence electrons. The van der Waals surface area contributed by atoms with Gasteiger partial charge in [-0.2, -0.15) is 0 Å². The molecule has 0 atom stereocenters. The smallest absolute Gasteiger partial charge is 0.270 e. The van der Waals surface area contributed by atoms with E-state index in [4.69, 9.17) is 14.5 Å². The summed E-state index contributed by atoms with van der Waals surface area (Å²) in [6, 6.07) is 7.76. The number of thiophene rings is 1. The molecule has 1 fully saturated rings. The summed E-state index contributed by atoms with van der Waals surface area (Å²) in [6.45, 7) is 7.10. The average Bonchev–Trinajstić information content (AvgIpc) is 3.40. The van der Waals surface area contributed by atoms with Crippen molar-refractivity contribution in [2.75, 3.05) is 51.4 Å². The summed E-state index contributed by atoms with van der Waals surface area (Å²) in [7, 11) is 1.65. The fourth-order valence-electron chi connectivity index (χ4n) is 3.38. The van der Waals surface area contributed by atoms with Crippen LogP contribution in [-0.4, -0.2) is 57.4 Å². The number of anilines is 1. The molecule has 1 amide bonds. The number of hydrogen-bond acceptors (Lipinski definition) is 6. The molecule has 3 heterocycles. The van der Waals surface area contributed by atoms with Crippen molar-refractivity contribution in [1.29, 1.82) is 0 Å². The first-order chi connectivity index (χ1) is 13.7. The van der Waals surface area contributed by atoms with E-state index in [-0.39, 0.29) is 5.91 Å². The van der Waals surface area contributed by atoms with Gasteiger partial charge in [0, 0.05) is 0 Å². The summed E-state index contributed by atoms with van der Waals surface area (Å²) in [4.78, 5) is 22.1. The van der Waals surface area contributed by atoms with Crippen molar-refractivity contribution in [2.24, 2.45) is 0 Å². The third-order valence-corrected chi connectivity index (χ3v) is 7.08. The molecule has 0 saturated carbocycles. The molecule has 28 heavy (non-hydrogen) atoms. The highest BCUT2D eigenvalue weighted by molar-refractivity contribution is 7.22. The van der Waals surface area contributed by atoms with Crippen molar-refractivity contribution in [2.45, 2.75) is 6.92 Å². The maximum absolute atomic E-state index is 13.2. The lowest BCUT2D eigenvalue weighted by Crippen LogP contribution is -3.14. The topological polar surface area (TPSA) is 56.1 Å². The van der Waals surface area contributed by atoms with E-state index in [1.165, 1.54) is 16.2 Å². The normalized spacial score (nSPS) is 15.1. The number of hydrogen-bond donors (Lipinski definition) is 1. The van der Waals surface area contributed by atoms with Crippen molar-refractivity contribution in [3.8, 4) is 5.75 Å². The van der Waals surface area contributed by atoms with Crippen LogP contribution in [-0.2, 0) is 4.74 Å². The Kier molecular flexibility index (Phi) is 5.91. The van der Waals surface area contributed by atoms with Gasteiger partial charge in [0.05, 0.1) is 43.0 Å². The third-order valence-electron chi connectivity index (χ3n) is 5.01. The number of ether oxygens (including phenoxy) is 2. The van der Waals surface area contributed by atoms with E-state index < -0.39 is 0 Å². The van der Waals surface area contributed by atoms with Gasteiger partial charge in [-0.25, -0.2) is 4.98 Å². The van der Waals surface area contributed by atoms with E-state index in [1.807, 2.05) is 34.5 Å². The van der Waals surface area contributed by atoms with Gasteiger partial charge in [0.1, 0.15) is 24.4 Å². The van der Waals surface area contributed by atoms with Gasteiger partial charge in [-0.05, 0) is 30.0 Å². The molecular formula is C20H24N3O3S2+. The number of aryl methyl sites for hydroxylation is 1. The zero-order valence-electron chi connectivity index (χ0n) is 16.1. The molecule has 0 unspecified atom stereocenters. The number of morpholine rings is 1. The summed E-state index contributed by atoms with van der Waals surface area (Å²) in [5.74, 6) is 0.753. The molecule has 8 heteroatoms. The van der Waals surface area contributed by atoms with E-state index in [1.54, 1.807) is 18.4 Å². The van der Waals surface area contributed by atoms with Gasteiger partial charge >= 0.3 is 0 Å². The molecule has 1 aliphatic heterocycles. The van der Waals surface area contributed by atoms with Gasteiger partial charge in [0.15, 0.2) is 5.13 Å². The molecule has 1 aliphatic rings. The second-order valence-electron chi connectivity index (χ2n) is 6.81. The number of rotatable bonds is 6. The average molecular weight is 419 g/mol. The second kappa shape index (κ2) is 8.57. The second-order valence-corrected chi connectivity index (χ2v) is 8.73. The van der Waals surface area contributed by atoms with Crippen LogP contribution in [0.3, 0.4) is 0 Å². The summed E-state index contributed by atoms with van der Waals surface area (Å²) < 4.78 is 12.0. The standard InChI is InChI=1S/C20H23N3O3S2/c1-14-5-6-15(25-2)17-18(14)28-20(21-17)23(19(24)16-4-3-13-27-16)8-7-22-9-11-26-12-10-22/h3-6,13H,7-12H2,1-2H3/p+1. The molecule has 1 N–H and O–H groups in total. The number of methoxy groups -OCH3 is 1. The first-order valence-electron chi connectivity index (χ1n) is 9.38. The predicted molar refractivity (Wildman–Crippen MR) is 113 cm³/mol. The summed E-state index contributed by atoms with van der Waals surface area (Å²) >= 11 is 3.03. The van der Waals surface area contributed by atoms with Gasteiger partial charge in [-0.15, -0.1) is 11.3 Å². The summed E-state index contributed by atoms with van der Waals surface area (Å²) in [5, 5.41) is 2.66.